The molecule has 128 valence electrons. The summed E-state index contributed by atoms with van der Waals surface area (Å²) in [7, 11) is -0.907. The first-order valence-corrected chi connectivity index (χ1v) is 9.06. The number of benzene rings is 2. The van der Waals surface area contributed by atoms with Gasteiger partial charge in [0, 0.05) is 25.3 Å². The SMILES string of the molecule is Cc1cccc(NC(=O)c2ccc(Cl)c(S(=O)(=O)N(C)C)c2)c1C. The minimum absolute atomic E-state index is 0.0759. The van der Waals surface area contributed by atoms with Crippen LogP contribution in [0.3, 0.4) is 0 Å². The molecule has 1 N–H and O–H groups in total. The molecule has 1 amide bonds. The van der Waals surface area contributed by atoms with Crippen molar-refractivity contribution in [3.05, 3.63) is 58.1 Å². The van der Waals surface area contributed by atoms with Gasteiger partial charge >= 0.3 is 0 Å². The maximum atomic E-state index is 12.5. The van der Waals surface area contributed by atoms with E-state index in [1.165, 1.54) is 32.3 Å². The lowest BCUT2D eigenvalue weighted by atomic mass is 10.1. The van der Waals surface area contributed by atoms with Gasteiger partial charge in [-0.1, -0.05) is 23.7 Å². The second kappa shape index (κ2) is 6.93. The second-order valence-corrected chi connectivity index (χ2v) is 8.16. The Labute approximate surface area is 147 Å². The third-order valence-corrected chi connectivity index (χ3v) is 6.10. The van der Waals surface area contributed by atoms with Gasteiger partial charge in [0.15, 0.2) is 0 Å². The number of aryl methyl sites for hydroxylation is 1. The van der Waals surface area contributed by atoms with Crippen molar-refractivity contribution >= 4 is 33.2 Å². The summed E-state index contributed by atoms with van der Waals surface area (Å²) in [5, 5.41) is 2.88. The van der Waals surface area contributed by atoms with E-state index in [2.05, 4.69) is 5.32 Å². The number of rotatable bonds is 4. The van der Waals surface area contributed by atoms with Gasteiger partial charge in [0.25, 0.3) is 5.91 Å². The van der Waals surface area contributed by atoms with Crippen LogP contribution < -0.4 is 5.32 Å². The fourth-order valence-corrected chi connectivity index (χ4v) is 3.51. The number of nitrogens with one attached hydrogen (secondary N) is 1. The normalized spacial score (nSPS) is 11.6. The minimum atomic E-state index is -3.73. The van der Waals surface area contributed by atoms with Crippen molar-refractivity contribution in [3.8, 4) is 0 Å². The zero-order valence-electron chi connectivity index (χ0n) is 13.9. The number of amides is 1. The van der Waals surface area contributed by atoms with Crippen molar-refractivity contribution in [3.63, 3.8) is 0 Å². The molecule has 0 aliphatic heterocycles. The minimum Gasteiger partial charge on any atom is -0.322 e. The maximum Gasteiger partial charge on any atom is 0.255 e. The van der Waals surface area contributed by atoms with Crippen LogP contribution in [0.2, 0.25) is 5.02 Å². The number of hydrogen-bond acceptors (Lipinski definition) is 3. The van der Waals surface area contributed by atoms with Gasteiger partial charge in [-0.3, -0.25) is 4.79 Å². The van der Waals surface area contributed by atoms with Crippen molar-refractivity contribution in [2.75, 3.05) is 19.4 Å². The number of sulfonamides is 1. The largest absolute Gasteiger partial charge is 0.322 e. The topological polar surface area (TPSA) is 66.5 Å². The summed E-state index contributed by atoms with van der Waals surface area (Å²) < 4.78 is 25.6. The summed E-state index contributed by atoms with van der Waals surface area (Å²) in [6.07, 6.45) is 0. The van der Waals surface area contributed by atoms with E-state index < -0.39 is 15.9 Å². The molecule has 0 saturated carbocycles. The quantitative estimate of drug-likeness (QED) is 0.901. The predicted octanol–water partition coefficient (Wildman–Crippen LogP) is 3.46. The molecular formula is C17H19ClN2O3S. The number of halogens is 1. The van der Waals surface area contributed by atoms with E-state index in [-0.39, 0.29) is 15.5 Å². The second-order valence-electron chi connectivity index (χ2n) is 5.63. The Kier molecular flexibility index (Phi) is 5.32. The van der Waals surface area contributed by atoms with Gasteiger partial charge in [-0.15, -0.1) is 0 Å². The summed E-state index contributed by atoms with van der Waals surface area (Å²) >= 11 is 6.00. The van der Waals surface area contributed by atoms with Gasteiger partial charge in [0.05, 0.1) is 5.02 Å². The zero-order valence-corrected chi connectivity index (χ0v) is 15.5. The highest BCUT2D eigenvalue weighted by molar-refractivity contribution is 7.89. The van der Waals surface area contributed by atoms with E-state index >= 15 is 0 Å². The summed E-state index contributed by atoms with van der Waals surface area (Å²) in [4.78, 5) is 12.4. The lowest BCUT2D eigenvalue weighted by molar-refractivity contribution is 0.102. The Morgan fingerprint density at radius 2 is 1.79 bits per heavy atom. The van der Waals surface area contributed by atoms with Gasteiger partial charge in [-0.25, -0.2) is 12.7 Å². The fourth-order valence-electron chi connectivity index (χ4n) is 2.12. The third kappa shape index (κ3) is 3.61. The van der Waals surface area contributed by atoms with E-state index in [1.807, 2.05) is 26.0 Å². The molecule has 0 unspecified atom stereocenters. The summed E-state index contributed by atoms with van der Waals surface area (Å²) in [5.41, 5.74) is 2.92. The van der Waals surface area contributed by atoms with Gasteiger partial charge < -0.3 is 5.32 Å². The number of nitrogens with zero attached hydrogens (tertiary/aromatic N) is 1. The molecule has 2 aromatic carbocycles. The third-order valence-electron chi connectivity index (χ3n) is 3.80. The van der Waals surface area contributed by atoms with Gasteiger partial charge in [0.1, 0.15) is 4.90 Å². The first-order chi connectivity index (χ1) is 11.1. The van der Waals surface area contributed by atoms with E-state index in [4.69, 9.17) is 11.6 Å². The van der Waals surface area contributed by atoms with E-state index in [9.17, 15) is 13.2 Å². The first-order valence-electron chi connectivity index (χ1n) is 7.24. The molecule has 0 aromatic heterocycles. The summed E-state index contributed by atoms with van der Waals surface area (Å²) in [5.74, 6) is -0.393. The highest BCUT2D eigenvalue weighted by Crippen LogP contribution is 2.26. The fraction of sp³-hybridized carbons (Fsp3) is 0.235. The molecule has 2 aromatic rings. The van der Waals surface area contributed by atoms with Crippen LogP contribution in [0.25, 0.3) is 0 Å². The van der Waals surface area contributed by atoms with Crippen LogP contribution in [0.1, 0.15) is 21.5 Å². The van der Waals surface area contributed by atoms with Crippen LogP contribution in [0, 0.1) is 13.8 Å². The van der Waals surface area contributed by atoms with Crippen molar-refractivity contribution in [2.45, 2.75) is 18.7 Å². The smallest absolute Gasteiger partial charge is 0.255 e. The van der Waals surface area contributed by atoms with Crippen LogP contribution in [0.15, 0.2) is 41.3 Å². The lowest BCUT2D eigenvalue weighted by Crippen LogP contribution is -2.23. The molecule has 5 nitrogen and oxygen atoms in total. The molecule has 7 heteroatoms. The molecule has 0 fully saturated rings. The summed E-state index contributed by atoms with van der Waals surface area (Å²) in [6, 6.07) is 9.80. The van der Waals surface area contributed by atoms with Crippen molar-refractivity contribution < 1.29 is 13.2 Å². The number of hydrogen-bond donors (Lipinski definition) is 1. The molecular weight excluding hydrogens is 348 g/mol. The van der Waals surface area contributed by atoms with E-state index in [0.717, 1.165) is 15.4 Å². The van der Waals surface area contributed by atoms with Crippen LogP contribution in [-0.2, 0) is 10.0 Å². The van der Waals surface area contributed by atoms with Gasteiger partial charge in [0.2, 0.25) is 10.0 Å². The van der Waals surface area contributed by atoms with Crippen LogP contribution >= 0.6 is 11.6 Å². The van der Waals surface area contributed by atoms with Crippen LogP contribution in [-0.4, -0.2) is 32.7 Å². The average Bonchev–Trinajstić information content (AvgIpc) is 2.51. The van der Waals surface area contributed by atoms with E-state index in [0.29, 0.717) is 5.69 Å². The number of carbonyl (C=O) groups is 1. The maximum absolute atomic E-state index is 12.5. The molecule has 0 bridgehead atoms. The van der Waals surface area contributed by atoms with Gasteiger partial charge in [-0.05, 0) is 49.2 Å². The highest BCUT2D eigenvalue weighted by Gasteiger charge is 2.22. The highest BCUT2D eigenvalue weighted by atomic mass is 35.5. The van der Waals surface area contributed by atoms with Crippen molar-refractivity contribution in [1.82, 2.24) is 4.31 Å². The first kappa shape index (κ1) is 18.4. The Hall–Kier alpha value is -1.89. The molecule has 0 atom stereocenters. The van der Waals surface area contributed by atoms with Crippen LogP contribution in [0.5, 0.6) is 0 Å². The Balaban J connectivity index is 2.40. The predicted molar refractivity (Wildman–Crippen MR) is 96.2 cm³/mol. The lowest BCUT2D eigenvalue weighted by Gasteiger charge is -2.14. The van der Waals surface area contributed by atoms with Crippen molar-refractivity contribution in [1.29, 1.82) is 0 Å². The van der Waals surface area contributed by atoms with Crippen LogP contribution in [0.4, 0.5) is 5.69 Å². The number of anilines is 1. The average molecular weight is 367 g/mol. The molecule has 0 radical (unpaired) electrons. The molecule has 0 aliphatic carbocycles. The molecule has 24 heavy (non-hydrogen) atoms. The van der Waals surface area contributed by atoms with Gasteiger partial charge in [-0.2, -0.15) is 0 Å². The van der Waals surface area contributed by atoms with Crippen molar-refractivity contribution in [2.24, 2.45) is 0 Å². The standard InChI is InChI=1S/C17H19ClN2O3S/c1-11-6-5-7-15(12(11)2)19-17(21)13-8-9-14(18)16(10-13)24(22,23)20(3)4/h5-10H,1-4H3,(H,19,21). The Morgan fingerprint density at radius 3 is 2.42 bits per heavy atom. The zero-order chi connectivity index (χ0) is 18.1. The molecule has 0 aliphatic rings. The summed E-state index contributed by atoms with van der Waals surface area (Å²) in [6.45, 7) is 3.86. The molecule has 0 spiro atoms. The number of carbonyl (C=O) groups excluding carboxylic acids is 1. The monoisotopic (exact) mass is 366 g/mol. The molecule has 0 heterocycles. The van der Waals surface area contributed by atoms with E-state index in [1.54, 1.807) is 6.07 Å². The Morgan fingerprint density at radius 1 is 1.12 bits per heavy atom. The molecule has 2 rings (SSSR count). The molecule has 0 saturated heterocycles. The Bertz CT molecular complexity index is 893.